The minimum absolute atomic E-state index is 0.265. The van der Waals surface area contributed by atoms with Crippen LogP contribution in [-0.2, 0) is 10.9 Å². The van der Waals surface area contributed by atoms with Gasteiger partial charge in [-0.05, 0) is 24.3 Å². The average molecular weight is 321 g/mol. The van der Waals surface area contributed by atoms with Crippen LogP contribution in [0.25, 0.3) is 17.0 Å². The molecule has 0 saturated carbocycles. The van der Waals surface area contributed by atoms with E-state index in [0.717, 1.165) is 12.1 Å². The Morgan fingerprint density at radius 1 is 1.13 bits per heavy atom. The van der Waals surface area contributed by atoms with Gasteiger partial charge in [-0.3, -0.25) is 0 Å². The molecule has 0 bridgehead atoms. The Morgan fingerprint density at radius 3 is 2.43 bits per heavy atom. The first-order valence-electron chi connectivity index (χ1n) is 6.51. The number of pyridine rings is 1. The lowest BCUT2D eigenvalue weighted by atomic mass is 10.1. The van der Waals surface area contributed by atoms with Crippen LogP contribution in [0.15, 0.2) is 42.6 Å². The highest BCUT2D eigenvalue weighted by atomic mass is 19.4. The molecule has 0 unspecified atom stereocenters. The number of hydrogen-bond acceptors (Lipinski definition) is 4. The smallest absolute Gasteiger partial charge is 0.416 e. The van der Waals surface area contributed by atoms with Gasteiger partial charge in [-0.2, -0.15) is 13.2 Å². The lowest BCUT2D eigenvalue weighted by Gasteiger charge is -2.05. The van der Waals surface area contributed by atoms with Gasteiger partial charge in [0.25, 0.3) is 0 Å². The van der Waals surface area contributed by atoms with Crippen molar-refractivity contribution in [1.29, 1.82) is 0 Å². The highest BCUT2D eigenvalue weighted by Gasteiger charge is 2.30. The second-order valence-electron chi connectivity index (χ2n) is 4.72. The molecule has 0 spiro atoms. The number of methoxy groups -OCH3 is 1. The predicted molar refractivity (Wildman–Crippen MR) is 74.8 cm³/mol. The lowest BCUT2D eigenvalue weighted by Crippen LogP contribution is -2.04. The maximum Gasteiger partial charge on any atom is 0.416 e. The first-order valence-corrected chi connectivity index (χ1v) is 6.51. The van der Waals surface area contributed by atoms with Crippen molar-refractivity contribution in [3.63, 3.8) is 0 Å². The number of halogens is 3. The number of rotatable bonds is 2. The molecule has 0 aliphatic carbocycles. The zero-order valence-electron chi connectivity index (χ0n) is 11.8. The minimum atomic E-state index is -4.39. The largest absolute Gasteiger partial charge is 0.465 e. The van der Waals surface area contributed by atoms with E-state index in [9.17, 15) is 18.0 Å². The van der Waals surface area contributed by atoms with Crippen molar-refractivity contribution in [3.05, 3.63) is 53.7 Å². The summed E-state index contributed by atoms with van der Waals surface area (Å²) in [5.41, 5.74) is 0.468. The molecule has 3 rings (SSSR count). The molecule has 23 heavy (non-hydrogen) atoms. The van der Waals surface area contributed by atoms with Crippen molar-refractivity contribution < 1.29 is 22.7 Å². The summed E-state index contributed by atoms with van der Waals surface area (Å²) in [6.45, 7) is 0. The van der Waals surface area contributed by atoms with Crippen molar-refractivity contribution >= 4 is 11.6 Å². The Bertz CT molecular complexity index is 870. The first-order chi connectivity index (χ1) is 10.9. The van der Waals surface area contributed by atoms with Crippen molar-refractivity contribution in [2.45, 2.75) is 6.18 Å². The number of benzene rings is 1. The first kappa shape index (κ1) is 15.0. The van der Waals surface area contributed by atoms with Crippen LogP contribution in [0.2, 0.25) is 0 Å². The Hall–Kier alpha value is -2.90. The second kappa shape index (κ2) is 5.38. The molecule has 0 aliphatic heterocycles. The fourth-order valence-corrected chi connectivity index (χ4v) is 2.05. The summed E-state index contributed by atoms with van der Waals surface area (Å²) in [5, 5.41) is 4.17. The molecular formula is C15H10F3N3O2. The van der Waals surface area contributed by atoms with Crippen LogP contribution >= 0.6 is 0 Å². The van der Waals surface area contributed by atoms with Gasteiger partial charge in [-0.15, -0.1) is 5.10 Å². The van der Waals surface area contributed by atoms with Crippen LogP contribution in [0.3, 0.4) is 0 Å². The summed E-state index contributed by atoms with van der Waals surface area (Å²) in [7, 11) is 1.27. The van der Waals surface area contributed by atoms with Crippen LogP contribution in [0.5, 0.6) is 0 Å². The third-order valence-electron chi connectivity index (χ3n) is 3.22. The van der Waals surface area contributed by atoms with Crippen molar-refractivity contribution in [2.75, 3.05) is 7.11 Å². The number of aromatic nitrogens is 3. The minimum Gasteiger partial charge on any atom is -0.465 e. The van der Waals surface area contributed by atoms with Crippen molar-refractivity contribution in [1.82, 2.24) is 14.6 Å². The summed E-state index contributed by atoms with van der Waals surface area (Å²) in [5.74, 6) is -0.251. The zero-order valence-corrected chi connectivity index (χ0v) is 11.8. The highest BCUT2D eigenvalue weighted by Crippen LogP contribution is 2.30. The number of fused-ring (bicyclic) bond motifs is 1. The summed E-state index contributed by atoms with van der Waals surface area (Å²) in [4.78, 5) is 15.7. The molecule has 0 atom stereocenters. The Balaban J connectivity index is 1.98. The van der Waals surface area contributed by atoms with E-state index in [1.54, 1.807) is 6.07 Å². The second-order valence-corrected chi connectivity index (χ2v) is 4.72. The number of carbonyl (C=O) groups is 1. The van der Waals surface area contributed by atoms with Gasteiger partial charge >= 0.3 is 12.1 Å². The molecule has 118 valence electrons. The van der Waals surface area contributed by atoms with E-state index in [4.69, 9.17) is 0 Å². The molecule has 2 heterocycles. The van der Waals surface area contributed by atoms with Crippen LogP contribution in [0, 0.1) is 0 Å². The molecular weight excluding hydrogens is 311 g/mol. The van der Waals surface area contributed by atoms with E-state index in [1.807, 2.05) is 0 Å². The van der Waals surface area contributed by atoms with E-state index in [-0.39, 0.29) is 5.82 Å². The molecule has 3 aromatic rings. The molecule has 0 N–H and O–H groups in total. The van der Waals surface area contributed by atoms with Crippen molar-refractivity contribution in [2.24, 2.45) is 0 Å². The van der Waals surface area contributed by atoms with Crippen LogP contribution in [-0.4, -0.2) is 27.7 Å². The zero-order chi connectivity index (χ0) is 16.6. The van der Waals surface area contributed by atoms with E-state index < -0.39 is 17.7 Å². The fourth-order valence-electron chi connectivity index (χ4n) is 2.05. The quantitative estimate of drug-likeness (QED) is 0.680. The van der Waals surface area contributed by atoms with Crippen molar-refractivity contribution in [3.8, 4) is 11.4 Å². The topological polar surface area (TPSA) is 56.5 Å². The monoisotopic (exact) mass is 321 g/mol. The molecule has 0 saturated heterocycles. The van der Waals surface area contributed by atoms with E-state index in [0.29, 0.717) is 16.8 Å². The molecule has 8 heteroatoms. The van der Waals surface area contributed by atoms with Gasteiger partial charge in [0.15, 0.2) is 11.5 Å². The Labute approximate surface area is 128 Å². The number of ether oxygens (including phenoxy) is 1. The maximum atomic E-state index is 12.6. The lowest BCUT2D eigenvalue weighted by molar-refractivity contribution is -0.137. The number of esters is 1. The van der Waals surface area contributed by atoms with Gasteiger partial charge in [-0.1, -0.05) is 12.1 Å². The number of nitrogens with zero attached hydrogens (tertiary/aromatic N) is 3. The van der Waals surface area contributed by atoms with Crippen LogP contribution < -0.4 is 0 Å². The van der Waals surface area contributed by atoms with Gasteiger partial charge in [0, 0.05) is 11.8 Å². The average Bonchev–Trinajstić information content (AvgIpc) is 2.96. The molecule has 2 aromatic heterocycles. The standard InChI is InChI=1S/C15H10F3N3O2/c1-23-14(22)10-4-7-12-19-13(20-21(12)8-10)9-2-5-11(6-3-9)15(16,17)18/h2-8H,1H3. The van der Waals surface area contributed by atoms with Crippen LogP contribution in [0.4, 0.5) is 13.2 Å². The molecule has 1 aromatic carbocycles. The number of alkyl halides is 3. The van der Waals surface area contributed by atoms with Gasteiger partial charge in [0.2, 0.25) is 0 Å². The number of carbonyl (C=O) groups excluding carboxylic acids is 1. The van der Waals surface area contributed by atoms with Gasteiger partial charge in [-0.25, -0.2) is 14.3 Å². The third kappa shape index (κ3) is 2.87. The maximum absolute atomic E-state index is 12.6. The van der Waals surface area contributed by atoms with Gasteiger partial charge in [0.1, 0.15) is 0 Å². The third-order valence-corrected chi connectivity index (χ3v) is 3.22. The molecule has 0 amide bonds. The normalized spacial score (nSPS) is 11.7. The predicted octanol–water partition coefficient (Wildman–Crippen LogP) is 3.20. The molecule has 5 nitrogen and oxygen atoms in total. The Morgan fingerprint density at radius 2 is 1.83 bits per heavy atom. The van der Waals surface area contributed by atoms with E-state index in [1.165, 1.54) is 36.0 Å². The summed E-state index contributed by atoms with van der Waals surface area (Å²) in [6, 6.07) is 7.67. The van der Waals surface area contributed by atoms with Gasteiger partial charge < -0.3 is 4.74 Å². The number of hydrogen-bond donors (Lipinski definition) is 0. The summed E-state index contributed by atoms with van der Waals surface area (Å²) < 4.78 is 43.7. The SMILES string of the molecule is COC(=O)c1ccc2nc(-c3ccc(C(F)(F)F)cc3)nn2c1. The molecule has 0 aliphatic rings. The van der Waals surface area contributed by atoms with E-state index in [2.05, 4.69) is 14.8 Å². The van der Waals surface area contributed by atoms with Crippen LogP contribution in [0.1, 0.15) is 15.9 Å². The summed E-state index contributed by atoms with van der Waals surface area (Å²) in [6.07, 6.45) is -2.94. The fraction of sp³-hybridized carbons (Fsp3) is 0.133. The summed E-state index contributed by atoms with van der Waals surface area (Å²) >= 11 is 0. The van der Waals surface area contributed by atoms with E-state index >= 15 is 0 Å². The van der Waals surface area contributed by atoms with Gasteiger partial charge in [0.05, 0.1) is 18.2 Å². The molecule has 0 fully saturated rings. The Kier molecular flexibility index (Phi) is 3.51. The molecule has 0 radical (unpaired) electrons. The highest BCUT2D eigenvalue weighted by molar-refractivity contribution is 5.89.